The molecule has 3 heteroatoms. The fourth-order valence-corrected chi connectivity index (χ4v) is 3.45. The van der Waals surface area contributed by atoms with Crippen LogP contribution in [0.4, 0.5) is 5.69 Å². The van der Waals surface area contributed by atoms with Crippen molar-refractivity contribution in [3.05, 3.63) is 59.5 Å². The van der Waals surface area contributed by atoms with Crippen LogP contribution in [-0.4, -0.2) is 6.61 Å². The van der Waals surface area contributed by atoms with Gasteiger partial charge in [0.1, 0.15) is 5.75 Å². The quantitative estimate of drug-likeness (QED) is 0.674. The van der Waals surface area contributed by atoms with Crippen molar-refractivity contribution in [3.8, 4) is 5.75 Å². The second kappa shape index (κ2) is 6.19. The first-order valence-electron chi connectivity index (χ1n) is 7.24. The Kier molecular flexibility index (Phi) is 4.11. The third-order valence-corrected chi connectivity index (χ3v) is 4.70. The summed E-state index contributed by atoms with van der Waals surface area (Å²) in [5, 5.41) is 4.86. The van der Waals surface area contributed by atoms with Crippen LogP contribution >= 0.6 is 11.3 Å². The Morgan fingerprint density at radius 1 is 1.10 bits per heavy atom. The molecule has 3 aromatic rings. The van der Waals surface area contributed by atoms with Crippen molar-refractivity contribution >= 4 is 27.1 Å². The molecule has 0 spiro atoms. The summed E-state index contributed by atoms with van der Waals surface area (Å²) >= 11 is 1.85. The number of nitrogens with one attached hydrogen (secondary N) is 1. The van der Waals surface area contributed by atoms with Gasteiger partial charge in [-0.3, -0.25) is 0 Å². The molecule has 0 saturated carbocycles. The molecule has 1 aromatic heterocycles. The molecule has 0 amide bonds. The molecule has 0 aliphatic heterocycles. The molecule has 21 heavy (non-hydrogen) atoms. The molecule has 0 aliphatic carbocycles. The van der Waals surface area contributed by atoms with Crippen molar-refractivity contribution in [2.75, 3.05) is 11.9 Å². The van der Waals surface area contributed by atoms with E-state index in [0.717, 1.165) is 11.4 Å². The molecule has 1 heterocycles. The van der Waals surface area contributed by atoms with E-state index in [2.05, 4.69) is 48.6 Å². The molecule has 0 radical (unpaired) electrons. The Labute approximate surface area is 129 Å². The van der Waals surface area contributed by atoms with Gasteiger partial charge < -0.3 is 10.1 Å². The van der Waals surface area contributed by atoms with Gasteiger partial charge in [0.05, 0.1) is 12.6 Å². The average Bonchev–Trinajstić information content (AvgIpc) is 2.92. The summed E-state index contributed by atoms with van der Waals surface area (Å²) in [6.45, 7) is 4.88. The van der Waals surface area contributed by atoms with Crippen molar-refractivity contribution in [2.45, 2.75) is 19.9 Å². The number of anilines is 1. The zero-order chi connectivity index (χ0) is 14.7. The van der Waals surface area contributed by atoms with Crippen LogP contribution in [0, 0.1) is 0 Å². The van der Waals surface area contributed by atoms with Gasteiger partial charge in [0.25, 0.3) is 0 Å². The van der Waals surface area contributed by atoms with Crippen LogP contribution in [0.3, 0.4) is 0 Å². The van der Waals surface area contributed by atoms with Gasteiger partial charge in [-0.05, 0) is 43.5 Å². The summed E-state index contributed by atoms with van der Waals surface area (Å²) in [7, 11) is 0. The van der Waals surface area contributed by atoms with Crippen molar-refractivity contribution in [1.82, 2.24) is 0 Å². The highest BCUT2D eigenvalue weighted by atomic mass is 32.1. The van der Waals surface area contributed by atoms with Crippen LogP contribution in [0.2, 0.25) is 0 Å². The van der Waals surface area contributed by atoms with Crippen LogP contribution in [0.1, 0.15) is 24.8 Å². The number of benzene rings is 2. The van der Waals surface area contributed by atoms with Gasteiger partial charge in [0.2, 0.25) is 0 Å². The maximum absolute atomic E-state index is 5.54. The minimum atomic E-state index is 0.277. The molecule has 1 unspecified atom stereocenters. The Morgan fingerprint density at radius 3 is 2.76 bits per heavy atom. The predicted molar refractivity (Wildman–Crippen MR) is 91.5 cm³/mol. The molecule has 3 rings (SSSR count). The standard InChI is InChI=1S/C18H19NOS/c1-3-20-16-9-6-8-15(12-16)19-13(2)18-11-14-7-4-5-10-17(14)21-18/h4-13,19H,3H2,1-2H3. The first-order chi connectivity index (χ1) is 10.3. The Morgan fingerprint density at radius 2 is 1.95 bits per heavy atom. The molecule has 0 bridgehead atoms. The zero-order valence-electron chi connectivity index (χ0n) is 12.3. The van der Waals surface area contributed by atoms with E-state index < -0.39 is 0 Å². The Hall–Kier alpha value is -2.00. The first-order valence-corrected chi connectivity index (χ1v) is 8.06. The number of fused-ring (bicyclic) bond motifs is 1. The minimum Gasteiger partial charge on any atom is -0.494 e. The largest absolute Gasteiger partial charge is 0.494 e. The van der Waals surface area contributed by atoms with Crippen LogP contribution in [0.25, 0.3) is 10.1 Å². The lowest BCUT2D eigenvalue weighted by Crippen LogP contribution is -2.04. The number of hydrogen-bond acceptors (Lipinski definition) is 3. The lowest BCUT2D eigenvalue weighted by atomic mass is 10.2. The monoisotopic (exact) mass is 297 g/mol. The van der Waals surface area contributed by atoms with E-state index in [0.29, 0.717) is 6.61 Å². The number of thiophene rings is 1. The summed E-state index contributed by atoms with van der Waals surface area (Å²) in [5.41, 5.74) is 1.09. The fraction of sp³-hybridized carbons (Fsp3) is 0.222. The molecule has 2 aromatic carbocycles. The second-order valence-corrected chi connectivity index (χ2v) is 6.13. The maximum atomic E-state index is 5.54. The van der Waals surface area contributed by atoms with Crippen molar-refractivity contribution in [1.29, 1.82) is 0 Å². The maximum Gasteiger partial charge on any atom is 0.121 e. The third-order valence-electron chi connectivity index (χ3n) is 3.40. The smallest absolute Gasteiger partial charge is 0.121 e. The van der Waals surface area contributed by atoms with E-state index >= 15 is 0 Å². The van der Waals surface area contributed by atoms with Gasteiger partial charge in [-0.25, -0.2) is 0 Å². The topological polar surface area (TPSA) is 21.3 Å². The van der Waals surface area contributed by atoms with E-state index in [1.54, 1.807) is 0 Å². The van der Waals surface area contributed by atoms with Gasteiger partial charge in [0.15, 0.2) is 0 Å². The number of ether oxygens (including phenoxy) is 1. The molecule has 1 atom stereocenters. The SMILES string of the molecule is CCOc1cccc(NC(C)c2cc3ccccc3s2)c1. The van der Waals surface area contributed by atoms with E-state index in [1.807, 2.05) is 36.5 Å². The van der Waals surface area contributed by atoms with E-state index in [4.69, 9.17) is 4.74 Å². The first kappa shape index (κ1) is 14.0. The number of hydrogen-bond donors (Lipinski definition) is 1. The van der Waals surface area contributed by atoms with Gasteiger partial charge >= 0.3 is 0 Å². The summed E-state index contributed by atoms with van der Waals surface area (Å²) < 4.78 is 6.88. The molecule has 108 valence electrons. The van der Waals surface area contributed by atoms with Crippen LogP contribution < -0.4 is 10.1 Å². The average molecular weight is 297 g/mol. The minimum absolute atomic E-state index is 0.277. The van der Waals surface area contributed by atoms with Crippen LogP contribution in [0.5, 0.6) is 5.75 Å². The van der Waals surface area contributed by atoms with Gasteiger partial charge in [-0.1, -0.05) is 24.3 Å². The molecular weight excluding hydrogens is 278 g/mol. The van der Waals surface area contributed by atoms with Crippen molar-refractivity contribution in [3.63, 3.8) is 0 Å². The molecular formula is C18H19NOS. The fourth-order valence-electron chi connectivity index (χ4n) is 2.38. The molecule has 0 fully saturated rings. The van der Waals surface area contributed by atoms with Crippen molar-refractivity contribution in [2.24, 2.45) is 0 Å². The lowest BCUT2D eigenvalue weighted by Gasteiger charge is -2.14. The number of rotatable bonds is 5. The Bertz CT molecular complexity index is 702. The molecule has 1 N–H and O–H groups in total. The summed E-state index contributed by atoms with van der Waals surface area (Å²) in [5.74, 6) is 0.908. The third kappa shape index (κ3) is 3.19. The van der Waals surface area contributed by atoms with Crippen LogP contribution in [0.15, 0.2) is 54.6 Å². The van der Waals surface area contributed by atoms with Crippen LogP contribution in [-0.2, 0) is 0 Å². The highest BCUT2D eigenvalue weighted by Gasteiger charge is 2.09. The van der Waals surface area contributed by atoms with E-state index in [-0.39, 0.29) is 6.04 Å². The normalized spacial score (nSPS) is 12.3. The molecule has 2 nitrogen and oxygen atoms in total. The molecule has 0 aliphatic rings. The predicted octanol–water partition coefficient (Wildman–Crippen LogP) is 5.47. The van der Waals surface area contributed by atoms with Gasteiger partial charge in [-0.2, -0.15) is 0 Å². The van der Waals surface area contributed by atoms with E-state index in [1.165, 1.54) is 15.0 Å². The summed E-state index contributed by atoms with van der Waals surface area (Å²) in [6, 6.07) is 19.2. The van der Waals surface area contributed by atoms with Gasteiger partial charge in [-0.15, -0.1) is 11.3 Å². The highest BCUT2D eigenvalue weighted by molar-refractivity contribution is 7.19. The second-order valence-electron chi connectivity index (χ2n) is 5.01. The Balaban J connectivity index is 1.79. The molecule has 0 saturated heterocycles. The van der Waals surface area contributed by atoms with Gasteiger partial charge in [0, 0.05) is 21.3 Å². The zero-order valence-corrected chi connectivity index (χ0v) is 13.1. The lowest BCUT2D eigenvalue weighted by molar-refractivity contribution is 0.340. The van der Waals surface area contributed by atoms with E-state index in [9.17, 15) is 0 Å². The summed E-state index contributed by atoms with van der Waals surface area (Å²) in [6.07, 6.45) is 0. The summed E-state index contributed by atoms with van der Waals surface area (Å²) in [4.78, 5) is 1.35. The highest BCUT2D eigenvalue weighted by Crippen LogP contribution is 2.31. The van der Waals surface area contributed by atoms with Crippen molar-refractivity contribution < 1.29 is 4.74 Å².